The van der Waals surface area contributed by atoms with Crippen molar-refractivity contribution in [1.29, 1.82) is 0 Å². The Balaban J connectivity index is 2.23. The molecule has 0 aliphatic carbocycles. The molecule has 1 fully saturated rings. The minimum absolute atomic E-state index is 0.568. The van der Waals surface area contributed by atoms with Gasteiger partial charge < -0.3 is 14.8 Å². The Kier molecular flexibility index (Phi) is 4.48. The van der Waals surface area contributed by atoms with Gasteiger partial charge in [-0.25, -0.2) is 0 Å². The van der Waals surface area contributed by atoms with E-state index in [0.29, 0.717) is 6.04 Å². The van der Waals surface area contributed by atoms with Crippen LogP contribution in [0.1, 0.15) is 30.4 Å². The zero-order chi connectivity index (χ0) is 13.0. The van der Waals surface area contributed by atoms with E-state index in [4.69, 9.17) is 9.47 Å². The SMILES string of the molecule is COc1ccc(OC)c(CC2CCCCN2)c1C. The number of benzene rings is 1. The van der Waals surface area contributed by atoms with Gasteiger partial charge in [0.25, 0.3) is 0 Å². The van der Waals surface area contributed by atoms with Crippen LogP contribution < -0.4 is 14.8 Å². The van der Waals surface area contributed by atoms with Crippen molar-refractivity contribution in [3.63, 3.8) is 0 Å². The zero-order valence-electron chi connectivity index (χ0n) is 11.6. The van der Waals surface area contributed by atoms with E-state index in [1.165, 1.54) is 30.4 Å². The smallest absolute Gasteiger partial charge is 0.122 e. The van der Waals surface area contributed by atoms with Gasteiger partial charge in [0.05, 0.1) is 14.2 Å². The molecular formula is C15H23NO2. The van der Waals surface area contributed by atoms with Crippen molar-refractivity contribution in [1.82, 2.24) is 5.32 Å². The molecule has 0 radical (unpaired) electrons. The molecule has 1 aromatic rings. The van der Waals surface area contributed by atoms with Gasteiger partial charge in [0.1, 0.15) is 11.5 Å². The summed E-state index contributed by atoms with van der Waals surface area (Å²) >= 11 is 0. The van der Waals surface area contributed by atoms with Crippen LogP contribution >= 0.6 is 0 Å². The van der Waals surface area contributed by atoms with E-state index >= 15 is 0 Å². The second kappa shape index (κ2) is 6.10. The fourth-order valence-electron chi connectivity index (χ4n) is 2.72. The molecule has 1 aliphatic rings. The predicted molar refractivity (Wildman–Crippen MR) is 73.6 cm³/mol. The van der Waals surface area contributed by atoms with Crippen molar-refractivity contribution >= 4 is 0 Å². The number of hydrogen-bond donors (Lipinski definition) is 1. The first-order chi connectivity index (χ1) is 8.76. The summed E-state index contributed by atoms with van der Waals surface area (Å²) in [6, 6.07) is 4.55. The fourth-order valence-corrected chi connectivity index (χ4v) is 2.72. The van der Waals surface area contributed by atoms with E-state index < -0.39 is 0 Å². The van der Waals surface area contributed by atoms with Gasteiger partial charge in [-0.3, -0.25) is 0 Å². The number of piperidine rings is 1. The lowest BCUT2D eigenvalue weighted by Gasteiger charge is -2.25. The topological polar surface area (TPSA) is 30.5 Å². The minimum atomic E-state index is 0.568. The lowest BCUT2D eigenvalue weighted by atomic mass is 9.94. The van der Waals surface area contributed by atoms with Gasteiger partial charge in [-0.2, -0.15) is 0 Å². The summed E-state index contributed by atoms with van der Waals surface area (Å²) in [5, 5.41) is 3.59. The van der Waals surface area contributed by atoms with E-state index in [2.05, 4.69) is 12.2 Å². The standard InChI is InChI=1S/C15H23NO2/c1-11-13(10-12-6-4-5-9-16-12)15(18-3)8-7-14(11)17-2/h7-8,12,16H,4-6,9-10H2,1-3H3. The first-order valence-corrected chi connectivity index (χ1v) is 6.70. The van der Waals surface area contributed by atoms with Crippen LogP contribution in [0, 0.1) is 6.92 Å². The third-order valence-electron chi connectivity index (χ3n) is 3.81. The molecule has 0 bridgehead atoms. The summed E-state index contributed by atoms with van der Waals surface area (Å²) in [5.41, 5.74) is 2.47. The number of rotatable bonds is 4. The summed E-state index contributed by atoms with van der Waals surface area (Å²) in [6.07, 6.45) is 4.89. The van der Waals surface area contributed by atoms with Crippen LogP contribution in [0.5, 0.6) is 11.5 Å². The van der Waals surface area contributed by atoms with Crippen LogP contribution in [-0.4, -0.2) is 26.8 Å². The highest BCUT2D eigenvalue weighted by Gasteiger charge is 2.18. The molecule has 3 heteroatoms. The molecule has 100 valence electrons. The van der Waals surface area contributed by atoms with Gasteiger partial charge in [0.15, 0.2) is 0 Å². The van der Waals surface area contributed by atoms with Gasteiger partial charge in [-0.1, -0.05) is 6.42 Å². The molecule has 1 atom stereocenters. The summed E-state index contributed by atoms with van der Waals surface area (Å²) < 4.78 is 10.9. The van der Waals surface area contributed by atoms with Gasteiger partial charge in [0, 0.05) is 11.6 Å². The number of ether oxygens (including phenoxy) is 2. The van der Waals surface area contributed by atoms with Crippen LogP contribution in [0.2, 0.25) is 0 Å². The van der Waals surface area contributed by atoms with E-state index in [9.17, 15) is 0 Å². The van der Waals surface area contributed by atoms with Crippen LogP contribution in [-0.2, 0) is 6.42 Å². The number of nitrogens with one attached hydrogen (secondary N) is 1. The average Bonchev–Trinajstić information content (AvgIpc) is 2.42. The maximum Gasteiger partial charge on any atom is 0.122 e. The Morgan fingerprint density at radius 2 is 1.89 bits per heavy atom. The molecule has 1 aliphatic heterocycles. The third-order valence-corrected chi connectivity index (χ3v) is 3.81. The number of methoxy groups -OCH3 is 2. The minimum Gasteiger partial charge on any atom is -0.496 e. The highest BCUT2D eigenvalue weighted by atomic mass is 16.5. The van der Waals surface area contributed by atoms with E-state index in [1.807, 2.05) is 12.1 Å². The molecule has 1 N–H and O–H groups in total. The molecular weight excluding hydrogens is 226 g/mol. The van der Waals surface area contributed by atoms with E-state index in [1.54, 1.807) is 14.2 Å². The Hall–Kier alpha value is -1.22. The van der Waals surface area contributed by atoms with Gasteiger partial charge >= 0.3 is 0 Å². The molecule has 1 saturated heterocycles. The predicted octanol–water partition coefficient (Wildman–Crippen LogP) is 2.70. The molecule has 0 spiro atoms. The maximum absolute atomic E-state index is 5.48. The summed E-state index contributed by atoms with van der Waals surface area (Å²) in [6.45, 7) is 3.25. The van der Waals surface area contributed by atoms with Crippen molar-refractivity contribution in [2.45, 2.75) is 38.6 Å². The zero-order valence-corrected chi connectivity index (χ0v) is 11.6. The van der Waals surface area contributed by atoms with Crippen molar-refractivity contribution in [3.05, 3.63) is 23.3 Å². The van der Waals surface area contributed by atoms with Crippen molar-refractivity contribution in [2.24, 2.45) is 0 Å². The maximum atomic E-state index is 5.48. The highest BCUT2D eigenvalue weighted by Crippen LogP contribution is 2.31. The second-order valence-electron chi connectivity index (χ2n) is 4.92. The normalized spacial score (nSPS) is 19.6. The lowest BCUT2D eigenvalue weighted by Crippen LogP contribution is -2.35. The van der Waals surface area contributed by atoms with Crippen LogP contribution in [0.4, 0.5) is 0 Å². The average molecular weight is 249 g/mol. The second-order valence-corrected chi connectivity index (χ2v) is 4.92. The van der Waals surface area contributed by atoms with E-state index in [-0.39, 0.29) is 0 Å². The van der Waals surface area contributed by atoms with Crippen molar-refractivity contribution in [3.8, 4) is 11.5 Å². The molecule has 0 amide bonds. The van der Waals surface area contributed by atoms with Gasteiger partial charge in [-0.05, 0) is 50.4 Å². The summed E-state index contributed by atoms with van der Waals surface area (Å²) in [4.78, 5) is 0. The lowest BCUT2D eigenvalue weighted by molar-refractivity contribution is 0.375. The van der Waals surface area contributed by atoms with Crippen molar-refractivity contribution < 1.29 is 9.47 Å². The molecule has 0 saturated carbocycles. The molecule has 0 aromatic heterocycles. The number of hydrogen-bond acceptors (Lipinski definition) is 3. The first-order valence-electron chi connectivity index (χ1n) is 6.70. The van der Waals surface area contributed by atoms with E-state index in [0.717, 1.165) is 24.5 Å². The quantitative estimate of drug-likeness (QED) is 0.890. The first kappa shape index (κ1) is 13.2. The van der Waals surface area contributed by atoms with Crippen LogP contribution in [0.15, 0.2) is 12.1 Å². The largest absolute Gasteiger partial charge is 0.496 e. The summed E-state index contributed by atoms with van der Waals surface area (Å²) in [7, 11) is 3.45. The molecule has 2 rings (SSSR count). The molecule has 18 heavy (non-hydrogen) atoms. The van der Waals surface area contributed by atoms with Gasteiger partial charge in [0.2, 0.25) is 0 Å². The Labute approximate surface area is 109 Å². The van der Waals surface area contributed by atoms with Gasteiger partial charge in [-0.15, -0.1) is 0 Å². The molecule has 1 unspecified atom stereocenters. The Bertz CT molecular complexity index is 398. The molecule has 1 aromatic carbocycles. The molecule has 1 heterocycles. The Morgan fingerprint density at radius 1 is 1.17 bits per heavy atom. The molecule has 3 nitrogen and oxygen atoms in total. The monoisotopic (exact) mass is 249 g/mol. The summed E-state index contributed by atoms with van der Waals surface area (Å²) in [5.74, 6) is 1.92. The fraction of sp³-hybridized carbons (Fsp3) is 0.600. The highest BCUT2D eigenvalue weighted by molar-refractivity contribution is 5.48. The Morgan fingerprint density at radius 3 is 2.50 bits per heavy atom. The third kappa shape index (κ3) is 2.78. The van der Waals surface area contributed by atoms with Crippen LogP contribution in [0.3, 0.4) is 0 Å². The van der Waals surface area contributed by atoms with Crippen molar-refractivity contribution in [2.75, 3.05) is 20.8 Å². The van der Waals surface area contributed by atoms with Crippen LogP contribution in [0.25, 0.3) is 0 Å².